The summed E-state index contributed by atoms with van der Waals surface area (Å²) in [6.07, 6.45) is -3.34. The molecule has 0 saturated heterocycles. The fourth-order valence-electron chi connectivity index (χ4n) is 4.14. The number of urea groups is 1. The maximum Gasteiger partial charge on any atom is 0.417 e. The number of aryl methyl sites for hydroxylation is 1. The number of alkyl halides is 3. The Hall–Kier alpha value is -3.32. The van der Waals surface area contributed by atoms with Crippen LogP contribution in [0.1, 0.15) is 23.1 Å². The van der Waals surface area contributed by atoms with Crippen LogP contribution in [0, 0.1) is 0 Å². The van der Waals surface area contributed by atoms with Crippen LogP contribution in [0.3, 0.4) is 0 Å². The number of nitrogens with zero attached hydrogens (tertiary/aromatic N) is 1. The molecule has 0 heterocycles. The molecule has 1 unspecified atom stereocenters. The number of rotatable bonds is 3. The number of fused-ring (bicyclic) bond motifs is 1. The summed E-state index contributed by atoms with van der Waals surface area (Å²) in [5.41, 5.74) is 8.02. The van der Waals surface area contributed by atoms with Crippen LogP contribution in [0.5, 0.6) is 0 Å². The Morgan fingerprint density at radius 2 is 1.77 bits per heavy atom. The van der Waals surface area contributed by atoms with E-state index in [9.17, 15) is 23.1 Å². The Bertz CT molecular complexity index is 1130. The summed E-state index contributed by atoms with van der Waals surface area (Å²) in [4.78, 5) is 13.7. The van der Waals surface area contributed by atoms with Crippen LogP contribution in [0.15, 0.2) is 66.7 Å². The van der Waals surface area contributed by atoms with E-state index in [0.29, 0.717) is 36.2 Å². The number of carbonyl (C=O) groups is 1. The maximum absolute atomic E-state index is 13.5. The lowest BCUT2D eigenvalue weighted by atomic mass is 9.88. The van der Waals surface area contributed by atoms with Crippen molar-refractivity contribution in [2.45, 2.75) is 31.5 Å². The predicted octanol–water partition coefficient (Wildman–Crippen LogP) is 5.44. The largest absolute Gasteiger partial charge is 0.417 e. The molecule has 3 aromatic rings. The molecule has 1 aliphatic carbocycles. The molecule has 4 rings (SSSR count). The van der Waals surface area contributed by atoms with Gasteiger partial charge in [-0.3, -0.25) is 4.90 Å². The Labute approximate surface area is 177 Å². The first-order valence-electron chi connectivity index (χ1n) is 9.91. The van der Waals surface area contributed by atoms with Crippen LogP contribution in [-0.4, -0.2) is 17.2 Å². The van der Waals surface area contributed by atoms with E-state index in [4.69, 9.17) is 5.73 Å². The molecule has 3 aromatic carbocycles. The smallest absolute Gasteiger partial charge is 0.393 e. The van der Waals surface area contributed by atoms with Crippen molar-refractivity contribution in [2.75, 3.05) is 4.90 Å². The zero-order valence-corrected chi connectivity index (χ0v) is 16.6. The number of aliphatic hydroxyl groups is 1. The van der Waals surface area contributed by atoms with Crippen molar-refractivity contribution in [3.63, 3.8) is 0 Å². The first-order chi connectivity index (χ1) is 14.8. The summed E-state index contributed by atoms with van der Waals surface area (Å²) < 4.78 is 40.5. The fraction of sp³-hybridized carbons (Fsp3) is 0.208. The highest BCUT2D eigenvalue weighted by molar-refractivity contribution is 6.00. The third-order valence-electron chi connectivity index (χ3n) is 5.54. The second kappa shape index (κ2) is 8.07. The lowest BCUT2D eigenvalue weighted by molar-refractivity contribution is -0.137. The molecule has 3 N–H and O–H groups in total. The van der Waals surface area contributed by atoms with E-state index >= 15 is 0 Å². The molecule has 0 bridgehead atoms. The molecule has 2 amide bonds. The van der Waals surface area contributed by atoms with Crippen molar-refractivity contribution in [2.24, 2.45) is 5.73 Å². The molecule has 0 aliphatic heterocycles. The standard InChI is InChI=1S/C24H21F3N2O2/c25-24(26,27)21-9-2-1-8-19(21)16-6-3-7-17(13-16)29(23(28)31)22-10-4-5-15-11-12-18(30)14-20(15)22/h1-10,13,18,30H,11-12,14H2,(H2,28,31). The molecule has 0 radical (unpaired) electrons. The van der Waals surface area contributed by atoms with Gasteiger partial charge in [-0.2, -0.15) is 13.2 Å². The monoisotopic (exact) mass is 426 g/mol. The van der Waals surface area contributed by atoms with E-state index in [1.807, 2.05) is 12.1 Å². The van der Waals surface area contributed by atoms with Gasteiger partial charge in [-0.25, -0.2) is 4.79 Å². The molecule has 160 valence electrons. The molecule has 0 fully saturated rings. The second-order valence-corrected chi connectivity index (χ2v) is 7.58. The van der Waals surface area contributed by atoms with Gasteiger partial charge >= 0.3 is 12.2 Å². The first-order valence-corrected chi connectivity index (χ1v) is 9.91. The van der Waals surface area contributed by atoms with Gasteiger partial charge in [-0.05, 0) is 59.4 Å². The predicted molar refractivity (Wildman–Crippen MR) is 113 cm³/mol. The normalized spacial score (nSPS) is 15.9. The van der Waals surface area contributed by atoms with Gasteiger partial charge in [-0.1, -0.05) is 42.5 Å². The van der Waals surface area contributed by atoms with Gasteiger partial charge in [-0.15, -0.1) is 0 Å². The number of amides is 2. The Morgan fingerprint density at radius 3 is 2.52 bits per heavy atom. The summed E-state index contributed by atoms with van der Waals surface area (Å²) in [5, 5.41) is 10.1. The maximum atomic E-state index is 13.5. The van der Waals surface area contributed by atoms with E-state index in [1.54, 1.807) is 24.3 Å². The van der Waals surface area contributed by atoms with E-state index in [-0.39, 0.29) is 5.56 Å². The number of carbonyl (C=O) groups excluding carboxylic acids is 1. The highest BCUT2D eigenvalue weighted by Gasteiger charge is 2.33. The number of hydrogen-bond donors (Lipinski definition) is 2. The van der Waals surface area contributed by atoms with Crippen LogP contribution in [-0.2, 0) is 19.0 Å². The van der Waals surface area contributed by atoms with Crippen LogP contribution in [0.4, 0.5) is 29.3 Å². The van der Waals surface area contributed by atoms with Gasteiger partial charge in [0.05, 0.1) is 23.0 Å². The van der Waals surface area contributed by atoms with Crippen LogP contribution in [0.25, 0.3) is 11.1 Å². The van der Waals surface area contributed by atoms with E-state index in [2.05, 4.69) is 0 Å². The van der Waals surface area contributed by atoms with Gasteiger partial charge in [0, 0.05) is 6.42 Å². The Balaban J connectivity index is 1.83. The molecule has 31 heavy (non-hydrogen) atoms. The summed E-state index contributed by atoms with van der Waals surface area (Å²) in [6.45, 7) is 0. The molecule has 0 aromatic heterocycles. The summed E-state index contributed by atoms with van der Waals surface area (Å²) in [6, 6.07) is 16.4. The van der Waals surface area contributed by atoms with E-state index < -0.39 is 23.9 Å². The average molecular weight is 426 g/mol. The van der Waals surface area contributed by atoms with Crippen molar-refractivity contribution < 1.29 is 23.1 Å². The molecule has 1 atom stereocenters. The molecule has 7 heteroatoms. The number of aliphatic hydroxyl groups excluding tert-OH is 1. The second-order valence-electron chi connectivity index (χ2n) is 7.58. The minimum Gasteiger partial charge on any atom is -0.393 e. The van der Waals surface area contributed by atoms with Crippen LogP contribution in [0.2, 0.25) is 0 Å². The Morgan fingerprint density at radius 1 is 1.03 bits per heavy atom. The van der Waals surface area contributed by atoms with Gasteiger partial charge in [0.1, 0.15) is 0 Å². The quantitative estimate of drug-likeness (QED) is 0.586. The number of hydrogen-bond acceptors (Lipinski definition) is 2. The number of halogens is 3. The molecule has 4 nitrogen and oxygen atoms in total. The number of primary amides is 1. The van der Waals surface area contributed by atoms with Crippen LogP contribution < -0.4 is 10.6 Å². The minimum absolute atomic E-state index is 0.0202. The van der Waals surface area contributed by atoms with E-state index in [1.165, 1.54) is 29.2 Å². The minimum atomic E-state index is -4.51. The first kappa shape index (κ1) is 20.9. The lowest BCUT2D eigenvalue weighted by Gasteiger charge is -2.29. The third-order valence-corrected chi connectivity index (χ3v) is 5.54. The highest BCUT2D eigenvalue weighted by Crippen LogP contribution is 2.39. The van der Waals surface area contributed by atoms with Crippen molar-refractivity contribution in [1.29, 1.82) is 0 Å². The number of anilines is 2. The van der Waals surface area contributed by atoms with Crippen molar-refractivity contribution >= 4 is 17.4 Å². The summed E-state index contributed by atoms with van der Waals surface area (Å²) in [7, 11) is 0. The number of nitrogens with two attached hydrogens (primary N) is 1. The summed E-state index contributed by atoms with van der Waals surface area (Å²) in [5.74, 6) is 0. The van der Waals surface area contributed by atoms with Gasteiger partial charge in [0.25, 0.3) is 0 Å². The molecular weight excluding hydrogens is 405 g/mol. The van der Waals surface area contributed by atoms with Gasteiger partial charge in [0.2, 0.25) is 0 Å². The average Bonchev–Trinajstić information content (AvgIpc) is 2.73. The zero-order chi connectivity index (χ0) is 22.2. The van der Waals surface area contributed by atoms with Crippen molar-refractivity contribution in [3.8, 4) is 11.1 Å². The van der Waals surface area contributed by atoms with Gasteiger partial charge in [0.15, 0.2) is 0 Å². The molecule has 0 spiro atoms. The molecule has 0 saturated carbocycles. The molecular formula is C24H21F3N2O2. The van der Waals surface area contributed by atoms with E-state index in [0.717, 1.165) is 17.2 Å². The Kier molecular flexibility index (Phi) is 5.45. The molecule has 1 aliphatic rings. The number of benzene rings is 3. The zero-order valence-electron chi connectivity index (χ0n) is 16.6. The highest BCUT2D eigenvalue weighted by atomic mass is 19.4. The van der Waals surface area contributed by atoms with Gasteiger partial charge < -0.3 is 10.8 Å². The van der Waals surface area contributed by atoms with Crippen molar-refractivity contribution in [1.82, 2.24) is 0 Å². The van der Waals surface area contributed by atoms with Crippen LogP contribution >= 0.6 is 0 Å². The van der Waals surface area contributed by atoms with Crippen molar-refractivity contribution in [3.05, 3.63) is 83.4 Å². The third kappa shape index (κ3) is 4.14. The fourth-order valence-corrected chi connectivity index (χ4v) is 4.14. The lowest BCUT2D eigenvalue weighted by Crippen LogP contribution is -2.33. The summed E-state index contributed by atoms with van der Waals surface area (Å²) >= 11 is 0. The topological polar surface area (TPSA) is 66.6 Å². The SMILES string of the molecule is NC(=O)N(c1cccc(-c2ccccc2C(F)(F)F)c1)c1cccc2c1CC(O)CC2.